The van der Waals surface area contributed by atoms with Gasteiger partial charge in [-0.25, -0.2) is 4.98 Å². The number of nitrogens with zero attached hydrogens (tertiary/aromatic N) is 3. The molecule has 0 amide bonds. The maximum Gasteiger partial charge on any atom is 0.222 e. The topological polar surface area (TPSA) is 81.1 Å². The Morgan fingerprint density at radius 3 is 2.80 bits per heavy atom. The van der Waals surface area contributed by atoms with Gasteiger partial charge in [0.05, 0.1) is 5.69 Å². The first-order chi connectivity index (χ1) is 9.61. The van der Waals surface area contributed by atoms with E-state index in [9.17, 15) is 0 Å². The molecule has 2 heterocycles. The van der Waals surface area contributed by atoms with E-state index < -0.39 is 0 Å². The minimum atomic E-state index is 0.240. The molecular weight excluding hydrogens is 250 g/mol. The lowest BCUT2D eigenvalue weighted by Crippen LogP contribution is -2.27. The van der Waals surface area contributed by atoms with Gasteiger partial charge in [-0.15, -0.1) is 0 Å². The normalized spacial score (nSPS) is 26.7. The predicted molar refractivity (Wildman–Crippen MR) is 82.2 cm³/mol. The highest BCUT2D eigenvalue weighted by atomic mass is 15.2. The van der Waals surface area contributed by atoms with Gasteiger partial charge in [0.2, 0.25) is 5.95 Å². The van der Waals surface area contributed by atoms with Gasteiger partial charge in [-0.3, -0.25) is 0 Å². The molecule has 20 heavy (non-hydrogen) atoms. The molecule has 2 unspecified atom stereocenters. The van der Waals surface area contributed by atoms with Crippen molar-refractivity contribution in [3.63, 3.8) is 0 Å². The van der Waals surface area contributed by atoms with E-state index in [0.29, 0.717) is 5.95 Å². The van der Waals surface area contributed by atoms with Crippen LogP contribution in [0.4, 0.5) is 11.8 Å². The van der Waals surface area contributed by atoms with Crippen LogP contribution in [-0.4, -0.2) is 29.1 Å². The summed E-state index contributed by atoms with van der Waals surface area (Å²) in [5, 5.41) is 0. The second-order valence-corrected chi connectivity index (χ2v) is 6.07. The van der Waals surface area contributed by atoms with Crippen molar-refractivity contribution in [3.05, 3.63) is 17.8 Å². The third-order valence-corrected chi connectivity index (χ3v) is 4.28. The first-order valence-electron chi connectivity index (χ1n) is 7.46. The Balaban J connectivity index is 1.87. The molecule has 1 fully saturated rings. The fourth-order valence-corrected chi connectivity index (χ4v) is 2.97. The molecule has 2 atom stereocenters. The SMILES string of the molecule is CC1CC=C(c2cc(N3CCC(N)C3)nc(N)n2)CC1. The molecule has 2 aliphatic rings. The van der Waals surface area contributed by atoms with E-state index in [1.807, 2.05) is 0 Å². The maximum atomic E-state index is 5.97. The quantitative estimate of drug-likeness (QED) is 0.858. The van der Waals surface area contributed by atoms with E-state index in [1.165, 1.54) is 12.0 Å². The summed E-state index contributed by atoms with van der Waals surface area (Å²) < 4.78 is 0. The molecule has 5 nitrogen and oxygen atoms in total. The van der Waals surface area contributed by atoms with Crippen molar-refractivity contribution < 1.29 is 0 Å². The summed E-state index contributed by atoms with van der Waals surface area (Å²) in [6.45, 7) is 4.10. The van der Waals surface area contributed by atoms with Gasteiger partial charge < -0.3 is 16.4 Å². The van der Waals surface area contributed by atoms with Crippen LogP contribution in [0.25, 0.3) is 5.57 Å². The van der Waals surface area contributed by atoms with Crippen molar-refractivity contribution in [1.82, 2.24) is 9.97 Å². The van der Waals surface area contributed by atoms with E-state index in [-0.39, 0.29) is 6.04 Å². The Labute approximate surface area is 120 Å². The molecule has 0 spiro atoms. The van der Waals surface area contributed by atoms with Crippen molar-refractivity contribution in [2.24, 2.45) is 11.7 Å². The molecule has 1 aliphatic carbocycles. The molecule has 0 saturated carbocycles. The highest BCUT2D eigenvalue weighted by Crippen LogP contribution is 2.31. The van der Waals surface area contributed by atoms with Crippen LogP contribution in [0, 0.1) is 5.92 Å². The number of aromatic nitrogens is 2. The highest BCUT2D eigenvalue weighted by molar-refractivity contribution is 5.66. The zero-order valence-electron chi connectivity index (χ0n) is 12.0. The third-order valence-electron chi connectivity index (χ3n) is 4.28. The summed E-state index contributed by atoms with van der Waals surface area (Å²) in [4.78, 5) is 11.0. The summed E-state index contributed by atoms with van der Waals surface area (Å²) in [5.74, 6) is 2.05. The van der Waals surface area contributed by atoms with E-state index in [0.717, 1.165) is 49.8 Å². The van der Waals surface area contributed by atoms with E-state index in [4.69, 9.17) is 11.5 Å². The van der Waals surface area contributed by atoms with Gasteiger partial charge in [-0.2, -0.15) is 4.98 Å². The molecule has 5 heteroatoms. The predicted octanol–water partition coefficient (Wildman–Crippen LogP) is 1.80. The van der Waals surface area contributed by atoms with Crippen molar-refractivity contribution in [2.45, 2.75) is 38.6 Å². The first kappa shape index (κ1) is 13.4. The Morgan fingerprint density at radius 2 is 2.15 bits per heavy atom. The number of hydrogen-bond acceptors (Lipinski definition) is 5. The summed E-state index contributed by atoms with van der Waals surface area (Å²) in [6.07, 6.45) is 6.74. The molecule has 3 rings (SSSR count). The van der Waals surface area contributed by atoms with Crippen LogP contribution < -0.4 is 16.4 Å². The average molecular weight is 273 g/mol. The Kier molecular flexibility index (Phi) is 3.61. The molecule has 0 radical (unpaired) electrons. The zero-order valence-corrected chi connectivity index (χ0v) is 12.0. The smallest absolute Gasteiger partial charge is 0.222 e. The number of anilines is 2. The summed E-state index contributed by atoms with van der Waals surface area (Å²) in [7, 11) is 0. The van der Waals surface area contributed by atoms with Gasteiger partial charge in [0, 0.05) is 25.2 Å². The Morgan fingerprint density at radius 1 is 1.30 bits per heavy atom. The zero-order chi connectivity index (χ0) is 14.1. The number of allylic oxidation sites excluding steroid dienone is 2. The molecule has 1 saturated heterocycles. The molecule has 1 aliphatic heterocycles. The third kappa shape index (κ3) is 2.77. The molecule has 108 valence electrons. The number of rotatable bonds is 2. The van der Waals surface area contributed by atoms with Gasteiger partial charge in [0.1, 0.15) is 5.82 Å². The number of nitrogens with two attached hydrogens (primary N) is 2. The van der Waals surface area contributed by atoms with Crippen molar-refractivity contribution in [3.8, 4) is 0 Å². The van der Waals surface area contributed by atoms with Crippen LogP contribution in [0.1, 0.15) is 38.3 Å². The van der Waals surface area contributed by atoms with Crippen LogP contribution in [0.3, 0.4) is 0 Å². The van der Waals surface area contributed by atoms with Crippen LogP contribution in [0.5, 0.6) is 0 Å². The second kappa shape index (κ2) is 5.40. The standard InChI is InChI=1S/C15H23N5/c1-10-2-4-11(5-3-10)13-8-14(19-15(17)18-13)20-7-6-12(16)9-20/h4,8,10,12H,2-3,5-7,9,16H2,1H3,(H2,17,18,19). The van der Waals surface area contributed by atoms with Crippen LogP contribution in [-0.2, 0) is 0 Å². The fraction of sp³-hybridized carbons (Fsp3) is 0.600. The molecular formula is C15H23N5. The monoisotopic (exact) mass is 273 g/mol. The minimum absolute atomic E-state index is 0.240. The van der Waals surface area contributed by atoms with Crippen LogP contribution in [0.2, 0.25) is 0 Å². The average Bonchev–Trinajstić information content (AvgIpc) is 2.85. The van der Waals surface area contributed by atoms with Gasteiger partial charge >= 0.3 is 0 Å². The highest BCUT2D eigenvalue weighted by Gasteiger charge is 2.22. The van der Waals surface area contributed by atoms with Gasteiger partial charge in [0.25, 0.3) is 0 Å². The van der Waals surface area contributed by atoms with Gasteiger partial charge in [-0.1, -0.05) is 13.0 Å². The largest absolute Gasteiger partial charge is 0.368 e. The van der Waals surface area contributed by atoms with E-state index in [2.05, 4.69) is 33.9 Å². The number of nitrogen functional groups attached to an aromatic ring is 1. The molecule has 0 bridgehead atoms. The lowest BCUT2D eigenvalue weighted by molar-refractivity contribution is 0.533. The Bertz CT molecular complexity index is 525. The summed E-state index contributed by atoms with van der Waals surface area (Å²) in [5.41, 5.74) is 14.2. The summed E-state index contributed by atoms with van der Waals surface area (Å²) in [6, 6.07) is 2.31. The van der Waals surface area contributed by atoms with Crippen molar-refractivity contribution in [2.75, 3.05) is 23.7 Å². The minimum Gasteiger partial charge on any atom is -0.368 e. The molecule has 1 aromatic heterocycles. The fourth-order valence-electron chi connectivity index (χ4n) is 2.97. The second-order valence-electron chi connectivity index (χ2n) is 6.07. The van der Waals surface area contributed by atoms with Gasteiger partial charge in [-0.05, 0) is 37.2 Å². The first-order valence-corrected chi connectivity index (χ1v) is 7.46. The van der Waals surface area contributed by atoms with Crippen molar-refractivity contribution in [1.29, 1.82) is 0 Å². The summed E-state index contributed by atoms with van der Waals surface area (Å²) >= 11 is 0. The molecule has 0 aromatic carbocycles. The number of hydrogen-bond donors (Lipinski definition) is 2. The van der Waals surface area contributed by atoms with Gasteiger partial charge in [0.15, 0.2) is 0 Å². The molecule has 1 aromatic rings. The van der Waals surface area contributed by atoms with E-state index in [1.54, 1.807) is 0 Å². The van der Waals surface area contributed by atoms with Crippen LogP contribution in [0.15, 0.2) is 12.1 Å². The maximum absolute atomic E-state index is 5.97. The molecule has 4 N–H and O–H groups in total. The van der Waals surface area contributed by atoms with E-state index >= 15 is 0 Å². The van der Waals surface area contributed by atoms with Crippen molar-refractivity contribution >= 4 is 17.3 Å². The lowest BCUT2D eigenvalue weighted by Gasteiger charge is -2.21. The van der Waals surface area contributed by atoms with Crippen LogP contribution >= 0.6 is 0 Å². The Hall–Kier alpha value is -1.62. The lowest BCUT2D eigenvalue weighted by atomic mass is 9.89.